The lowest BCUT2D eigenvalue weighted by molar-refractivity contribution is -0.129. The number of thiazole rings is 1. The topological polar surface area (TPSA) is 84.8 Å². The van der Waals surface area contributed by atoms with Crippen LogP contribution in [0.1, 0.15) is 37.3 Å². The van der Waals surface area contributed by atoms with Crippen LogP contribution in [0.25, 0.3) is 10.2 Å². The van der Waals surface area contributed by atoms with Crippen molar-refractivity contribution in [1.29, 1.82) is 0 Å². The summed E-state index contributed by atoms with van der Waals surface area (Å²) in [4.78, 5) is 27.6. The monoisotopic (exact) mass is 506 g/mol. The minimum absolute atomic E-state index is 0.155. The van der Waals surface area contributed by atoms with Gasteiger partial charge in [0, 0.05) is 64.3 Å². The molecular formula is C27H34N6O2S. The number of β-amino-alcohol motifs (C(OH)–C–C–N with tert-alkyl or cyclic N) is 1. The highest BCUT2D eigenvalue weighted by atomic mass is 32.1. The van der Waals surface area contributed by atoms with Crippen molar-refractivity contribution < 1.29 is 9.90 Å². The Morgan fingerprint density at radius 2 is 1.92 bits per heavy atom. The number of carbonyl (C=O) groups excluding carboxylic acids is 1. The van der Waals surface area contributed by atoms with E-state index < -0.39 is 6.10 Å². The van der Waals surface area contributed by atoms with Crippen molar-refractivity contribution in [2.24, 2.45) is 0 Å². The van der Waals surface area contributed by atoms with Crippen LogP contribution in [-0.4, -0.2) is 81.7 Å². The molecule has 0 saturated carbocycles. The molecule has 2 atom stereocenters. The van der Waals surface area contributed by atoms with E-state index >= 15 is 0 Å². The number of benzene rings is 1. The fraction of sp³-hybridized carbons (Fsp3) is 0.519. The van der Waals surface area contributed by atoms with Crippen molar-refractivity contribution in [1.82, 2.24) is 19.8 Å². The lowest BCUT2D eigenvalue weighted by Crippen LogP contribution is -2.55. The number of anilines is 2. The van der Waals surface area contributed by atoms with E-state index in [-0.39, 0.29) is 11.9 Å². The van der Waals surface area contributed by atoms with Gasteiger partial charge in [0.2, 0.25) is 5.91 Å². The fourth-order valence-electron chi connectivity index (χ4n) is 5.92. The van der Waals surface area contributed by atoms with Crippen molar-refractivity contribution >= 4 is 38.4 Å². The quantitative estimate of drug-likeness (QED) is 0.563. The molecule has 0 bridgehead atoms. The van der Waals surface area contributed by atoms with E-state index in [4.69, 9.17) is 9.97 Å². The highest BCUT2D eigenvalue weighted by molar-refractivity contribution is 7.22. The molecule has 36 heavy (non-hydrogen) atoms. The van der Waals surface area contributed by atoms with Crippen LogP contribution in [0.2, 0.25) is 0 Å². The summed E-state index contributed by atoms with van der Waals surface area (Å²) in [6.45, 7) is 6.65. The second-order valence-corrected chi connectivity index (χ2v) is 11.3. The van der Waals surface area contributed by atoms with E-state index in [1.807, 2.05) is 11.1 Å². The molecule has 0 spiro atoms. The Hall–Kier alpha value is -2.75. The third-order valence-electron chi connectivity index (χ3n) is 8.03. The molecule has 3 aliphatic rings. The third kappa shape index (κ3) is 4.79. The van der Waals surface area contributed by atoms with Crippen LogP contribution in [0.5, 0.6) is 0 Å². The highest BCUT2D eigenvalue weighted by Gasteiger charge is 2.34. The Kier molecular flexibility index (Phi) is 6.54. The van der Waals surface area contributed by atoms with Crippen molar-refractivity contribution in [3.63, 3.8) is 0 Å². The summed E-state index contributed by atoms with van der Waals surface area (Å²) in [6.07, 6.45) is 5.31. The van der Waals surface area contributed by atoms with Gasteiger partial charge in [-0.25, -0.2) is 9.97 Å². The SMILES string of the molecule is CC(=O)N1CCC(Nc2nc3cnc(N4CC[C@@H](N5CCc6ccccc6C5)[C@H](O)C4)cc3s2)CC1. The number of nitrogens with one attached hydrogen (secondary N) is 1. The average Bonchev–Trinajstić information content (AvgIpc) is 3.30. The van der Waals surface area contributed by atoms with E-state index in [9.17, 15) is 9.90 Å². The molecule has 0 unspecified atom stereocenters. The highest BCUT2D eigenvalue weighted by Crippen LogP contribution is 2.32. The van der Waals surface area contributed by atoms with Gasteiger partial charge in [-0.15, -0.1) is 0 Å². The Labute approximate surface area is 215 Å². The number of nitrogens with zero attached hydrogens (tertiary/aromatic N) is 5. The zero-order valence-electron chi connectivity index (χ0n) is 20.8. The first kappa shape index (κ1) is 23.6. The van der Waals surface area contributed by atoms with Gasteiger partial charge < -0.3 is 20.2 Å². The molecule has 0 radical (unpaired) electrons. The largest absolute Gasteiger partial charge is 0.390 e. The van der Waals surface area contributed by atoms with Gasteiger partial charge in [0.1, 0.15) is 11.3 Å². The Balaban J connectivity index is 1.08. The van der Waals surface area contributed by atoms with E-state index in [0.717, 1.165) is 79.6 Å². The first-order valence-electron chi connectivity index (χ1n) is 13.1. The second kappa shape index (κ2) is 9.95. The minimum atomic E-state index is -0.402. The number of carbonyl (C=O) groups is 1. The molecule has 9 heteroatoms. The van der Waals surface area contributed by atoms with Gasteiger partial charge >= 0.3 is 0 Å². The van der Waals surface area contributed by atoms with Crippen LogP contribution in [0.15, 0.2) is 36.5 Å². The Morgan fingerprint density at radius 1 is 1.11 bits per heavy atom. The van der Waals surface area contributed by atoms with Crippen LogP contribution in [0.3, 0.4) is 0 Å². The van der Waals surface area contributed by atoms with Crippen LogP contribution in [0, 0.1) is 0 Å². The van der Waals surface area contributed by atoms with E-state index in [1.54, 1.807) is 18.3 Å². The number of aliphatic hydroxyl groups excluding tert-OH is 1. The molecule has 2 saturated heterocycles. The summed E-state index contributed by atoms with van der Waals surface area (Å²) in [6, 6.07) is 11.3. The molecule has 3 aliphatic heterocycles. The molecule has 2 N–H and O–H groups in total. The molecule has 1 aromatic carbocycles. The maximum atomic E-state index is 11.6. The van der Waals surface area contributed by atoms with Crippen LogP contribution >= 0.6 is 11.3 Å². The smallest absolute Gasteiger partial charge is 0.219 e. The number of rotatable bonds is 4. The summed E-state index contributed by atoms with van der Waals surface area (Å²) in [5.74, 6) is 1.07. The van der Waals surface area contributed by atoms with Crippen LogP contribution < -0.4 is 10.2 Å². The van der Waals surface area contributed by atoms with Gasteiger partial charge in [-0.2, -0.15) is 0 Å². The van der Waals surface area contributed by atoms with Crippen LogP contribution in [-0.2, 0) is 17.8 Å². The van der Waals surface area contributed by atoms with Gasteiger partial charge in [0.25, 0.3) is 0 Å². The lowest BCUT2D eigenvalue weighted by atomic mass is 9.94. The van der Waals surface area contributed by atoms with Gasteiger partial charge in [-0.05, 0) is 36.8 Å². The molecule has 5 heterocycles. The number of aromatic nitrogens is 2. The standard InChI is InChI=1S/C27H34N6O2S/c1-18(34)31-11-7-21(8-12-31)29-27-30-22-15-28-26(14-25(22)36-27)33-13-9-23(24(35)17-33)32-10-6-19-4-2-3-5-20(19)16-32/h2-5,14-15,21,23-24,35H,6-13,16-17H2,1H3,(H,29,30)/t23-,24-/m1/s1. The van der Waals surface area contributed by atoms with E-state index in [2.05, 4.69) is 45.4 Å². The summed E-state index contributed by atoms with van der Waals surface area (Å²) in [5.41, 5.74) is 3.73. The number of piperidine rings is 2. The normalized spacial score (nSPS) is 23.6. The fourth-order valence-corrected chi connectivity index (χ4v) is 6.87. The molecule has 6 rings (SSSR count). The average molecular weight is 507 g/mol. The maximum absolute atomic E-state index is 11.6. The molecule has 2 fully saturated rings. The second-order valence-electron chi connectivity index (χ2n) is 10.3. The Morgan fingerprint density at radius 3 is 2.69 bits per heavy atom. The molecule has 1 amide bonds. The van der Waals surface area contributed by atoms with Crippen molar-refractivity contribution in [3.8, 4) is 0 Å². The lowest BCUT2D eigenvalue weighted by Gasteiger charge is -2.43. The number of likely N-dealkylation sites (tertiary alicyclic amines) is 1. The maximum Gasteiger partial charge on any atom is 0.219 e. The van der Waals surface area contributed by atoms with E-state index in [1.165, 1.54) is 11.1 Å². The third-order valence-corrected chi connectivity index (χ3v) is 8.98. The zero-order chi connectivity index (χ0) is 24.6. The first-order chi connectivity index (χ1) is 17.5. The molecule has 190 valence electrons. The van der Waals surface area contributed by atoms with Gasteiger partial charge in [-0.3, -0.25) is 9.69 Å². The van der Waals surface area contributed by atoms with Crippen molar-refractivity contribution in [2.75, 3.05) is 42.9 Å². The van der Waals surface area contributed by atoms with Gasteiger partial charge in [-0.1, -0.05) is 35.6 Å². The summed E-state index contributed by atoms with van der Waals surface area (Å²) < 4.78 is 1.10. The van der Waals surface area contributed by atoms with Gasteiger partial charge in [0.05, 0.1) is 17.0 Å². The molecular weight excluding hydrogens is 472 g/mol. The van der Waals surface area contributed by atoms with Crippen molar-refractivity contribution in [3.05, 3.63) is 47.7 Å². The summed E-state index contributed by atoms with van der Waals surface area (Å²) in [7, 11) is 0. The van der Waals surface area contributed by atoms with E-state index in [0.29, 0.717) is 12.6 Å². The van der Waals surface area contributed by atoms with Crippen molar-refractivity contribution in [2.45, 2.75) is 57.3 Å². The summed E-state index contributed by atoms with van der Waals surface area (Å²) >= 11 is 1.65. The number of fused-ring (bicyclic) bond motifs is 2. The first-order valence-corrected chi connectivity index (χ1v) is 13.9. The molecule has 2 aromatic heterocycles. The van der Waals surface area contributed by atoms with Crippen LogP contribution in [0.4, 0.5) is 10.9 Å². The molecule has 0 aliphatic carbocycles. The number of aliphatic hydroxyl groups is 1. The zero-order valence-corrected chi connectivity index (χ0v) is 21.6. The van der Waals surface area contributed by atoms with Gasteiger partial charge in [0.15, 0.2) is 5.13 Å². The Bertz CT molecular complexity index is 1240. The molecule has 8 nitrogen and oxygen atoms in total. The predicted octanol–water partition coefficient (Wildman–Crippen LogP) is 3.11. The number of amides is 1. The predicted molar refractivity (Wildman–Crippen MR) is 143 cm³/mol. The summed E-state index contributed by atoms with van der Waals surface area (Å²) in [5, 5.41) is 15.6. The minimum Gasteiger partial charge on any atom is -0.390 e. The molecule has 3 aromatic rings. The number of pyridine rings is 1. The number of hydrogen-bond donors (Lipinski definition) is 2. The number of hydrogen-bond acceptors (Lipinski definition) is 8.